The molecule has 4 amide bonds. The van der Waals surface area contributed by atoms with Gasteiger partial charge < -0.3 is 19.4 Å². The average Bonchev–Trinajstić information content (AvgIpc) is 3.28. The number of carbonyl (C=O) groups is 4. The smallest absolute Gasteiger partial charge is 0.325 e. The lowest BCUT2D eigenvalue weighted by molar-refractivity contribution is -0.153. The van der Waals surface area contributed by atoms with Crippen LogP contribution < -0.4 is 10.6 Å². The van der Waals surface area contributed by atoms with Gasteiger partial charge >= 0.3 is 12.0 Å². The molecular formula is C22H25N3O6. The highest BCUT2D eigenvalue weighted by atomic mass is 16.5. The van der Waals surface area contributed by atoms with E-state index in [1.807, 2.05) is 26.0 Å². The van der Waals surface area contributed by atoms with Gasteiger partial charge in [0.05, 0.1) is 12.2 Å². The molecule has 9 nitrogen and oxygen atoms in total. The minimum absolute atomic E-state index is 0.217. The Morgan fingerprint density at radius 1 is 1.13 bits per heavy atom. The van der Waals surface area contributed by atoms with Crippen LogP contribution in [0, 0.1) is 19.8 Å². The number of furan rings is 1. The van der Waals surface area contributed by atoms with Gasteiger partial charge in [-0.1, -0.05) is 17.7 Å². The topological polar surface area (TPSA) is 118 Å². The van der Waals surface area contributed by atoms with Crippen LogP contribution in [0.15, 0.2) is 41.0 Å². The van der Waals surface area contributed by atoms with E-state index in [1.54, 1.807) is 23.1 Å². The number of rotatable bonds is 5. The van der Waals surface area contributed by atoms with Gasteiger partial charge in [0.2, 0.25) is 0 Å². The van der Waals surface area contributed by atoms with Gasteiger partial charge in [-0.15, -0.1) is 0 Å². The number of anilines is 1. The van der Waals surface area contributed by atoms with Crippen molar-refractivity contribution in [2.24, 2.45) is 5.92 Å². The number of hydrogen-bond donors (Lipinski definition) is 2. The minimum Gasteiger partial charge on any atom is -0.459 e. The third-order valence-corrected chi connectivity index (χ3v) is 5.08. The van der Waals surface area contributed by atoms with Crippen LogP contribution >= 0.6 is 0 Å². The Hall–Kier alpha value is -3.62. The number of ether oxygens (including phenoxy) is 1. The Labute approximate surface area is 179 Å². The molecule has 0 atom stereocenters. The number of carbonyl (C=O) groups excluding carboxylic acids is 4. The number of piperidine rings is 1. The van der Waals surface area contributed by atoms with Crippen molar-refractivity contribution in [2.75, 3.05) is 25.0 Å². The van der Waals surface area contributed by atoms with Crippen molar-refractivity contribution < 1.29 is 28.3 Å². The first kappa shape index (κ1) is 22.1. The quantitative estimate of drug-likeness (QED) is 0.709. The van der Waals surface area contributed by atoms with Crippen LogP contribution in [-0.4, -0.2) is 48.4 Å². The monoisotopic (exact) mass is 427 g/mol. The molecule has 2 heterocycles. The van der Waals surface area contributed by atoms with Crippen LogP contribution in [0.25, 0.3) is 0 Å². The molecule has 164 valence electrons. The number of nitrogens with zero attached hydrogens (tertiary/aromatic N) is 1. The molecule has 1 saturated heterocycles. The van der Waals surface area contributed by atoms with E-state index in [4.69, 9.17) is 9.15 Å². The fourth-order valence-corrected chi connectivity index (χ4v) is 3.40. The van der Waals surface area contributed by atoms with E-state index in [9.17, 15) is 19.2 Å². The van der Waals surface area contributed by atoms with Crippen LogP contribution in [0.3, 0.4) is 0 Å². The Bertz CT molecular complexity index is 962. The fraction of sp³-hybridized carbons (Fsp3) is 0.364. The number of hydrogen-bond acceptors (Lipinski definition) is 6. The average molecular weight is 427 g/mol. The maximum atomic E-state index is 12.2. The number of benzene rings is 1. The van der Waals surface area contributed by atoms with E-state index in [0.717, 1.165) is 11.1 Å². The molecule has 0 bridgehead atoms. The van der Waals surface area contributed by atoms with E-state index < -0.39 is 30.4 Å². The Morgan fingerprint density at radius 2 is 1.87 bits per heavy atom. The van der Waals surface area contributed by atoms with E-state index in [2.05, 4.69) is 10.6 Å². The molecule has 2 N–H and O–H groups in total. The minimum atomic E-state index is -0.721. The molecule has 1 aliphatic heterocycles. The lowest BCUT2D eigenvalue weighted by Crippen LogP contribution is -2.41. The molecule has 0 saturated carbocycles. The lowest BCUT2D eigenvalue weighted by Gasteiger charge is -2.30. The second-order valence-corrected chi connectivity index (χ2v) is 7.47. The zero-order chi connectivity index (χ0) is 22.4. The van der Waals surface area contributed by atoms with Crippen molar-refractivity contribution in [3.05, 3.63) is 53.5 Å². The van der Waals surface area contributed by atoms with Gasteiger partial charge in [0.15, 0.2) is 12.4 Å². The van der Waals surface area contributed by atoms with Gasteiger partial charge in [0, 0.05) is 18.8 Å². The molecule has 0 aliphatic carbocycles. The molecule has 0 unspecified atom stereocenters. The molecule has 1 fully saturated rings. The number of nitrogens with one attached hydrogen (secondary N) is 2. The first-order chi connectivity index (χ1) is 14.8. The normalized spacial score (nSPS) is 14.1. The number of urea groups is 1. The van der Waals surface area contributed by atoms with E-state index >= 15 is 0 Å². The van der Waals surface area contributed by atoms with Gasteiger partial charge in [-0.3, -0.25) is 19.7 Å². The zero-order valence-corrected chi connectivity index (χ0v) is 17.5. The van der Waals surface area contributed by atoms with Crippen LogP contribution in [-0.2, 0) is 14.3 Å². The SMILES string of the molecule is Cc1ccc(NC(=O)NC(=O)COC(=O)C2CCN(C(=O)c3ccco3)CC2)c(C)c1. The molecular weight excluding hydrogens is 402 g/mol. The third-order valence-electron chi connectivity index (χ3n) is 5.08. The summed E-state index contributed by atoms with van der Waals surface area (Å²) in [6.07, 6.45) is 2.30. The summed E-state index contributed by atoms with van der Waals surface area (Å²) in [5.41, 5.74) is 2.51. The summed E-state index contributed by atoms with van der Waals surface area (Å²) >= 11 is 0. The number of imide groups is 1. The molecule has 2 aromatic rings. The fourth-order valence-electron chi connectivity index (χ4n) is 3.40. The summed E-state index contributed by atoms with van der Waals surface area (Å²) in [4.78, 5) is 50.0. The molecule has 0 radical (unpaired) electrons. The Balaban J connectivity index is 1.38. The summed E-state index contributed by atoms with van der Waals surface area (Å²) in [6.45, 7) is 4.02. The first-order valence-corrected chi connectivity index (χ1v) is 10.0. The van der Waals surface area contributed by atoms with Crippen molar-refractivity contribution in [3.63, 3.8) is 0 Å². The van der Waals surface area contributed by atoms with E-state index in [1.165, 1.54) is 6.26 Å². The van der Waals surface area contributed by atoms with Crippen molar-refractivity contribution in [1.82, 2.24) is 10.2 Å². The van der Waals surface area contributed by atoms with Crippen LogP contribution in [0.4, 0.5) is 10.5 Å². The van der Waals surface area contributed by atoms with Crippen LogP contribution in [0.2, 0.25) is 0 Å². The highest BCUT2D eigenvalue weighted by Crippen LogP contribution is 2.20. The van der Waals surface area contributed by atoms with Gasteiger partial charge in [-0.05, 0) is 50.5 Å². The number of aryl methyl sites for hydroxylation is 2. The number of esters is 1. The maximum Gasteiger partial charge on any atom is 0.325 e. The molecule has 1 aliphatic rings. The second-order valence-electron chi connectivity index (χ2n) is 7.47. The number of likely N-dealkylation sites (tertiary alicyclic amines) is 1. The molecule has 1 aromatic carbocycles. The van der Waals surface area contributed by atoms with Gasteiger partial charge in [0.25, 0.3) is 11.8 Å². The van der Waals surface area contributed by atoms with Crippen molar-refractivity contribution in [2.45, 2.75) is 26.7 Å². The highest BCUT2D eigenvalue weighted by Gasteiger charge is 2.30. The summed E-state index contributed by atoms with van der Waals surface area (Å²) in [7, 11) is 0. The van der Waals surface area contributed by atoms with Gasteiger partial charge in [-0.2, -0.15) is 0 Å². The van der Waals surface area contributed by atoms with Crippen LogP contribution in [0.1, 0.15) is 34.5 Å². The van der Waals surface area contributed by atoms with Gasteiger partial charge in [-0.25, -0.2) is 4.79 Å². The van der Waals surface area contributed by atoms with Crippen molar-refractivity contribution >= 4 is 29.5 Å². The third kappa shape index (κ3) is 5.94. The standard InChI is InChI=1S/C22H25N3O6/c1-14-5-6-17(15(2)12-14)23-22(29)24-19(26)13-31-21(28)16-7-9-25(10-8-16)20(27)18-4-3-11-30-18/h3-6,11-12,16H,7-10,13H2,1-2H3,(H2,23,24,26,29). The Kier molecular flexibility index (Phi) is 7.07. The van der Waals surface area contributed by atoms with E-state index in [-0.39, 0.29) is 11.7 Å². The predicted octanol–water partition coefficient (Wildman–Crippen LogP) is 2.64. The molecule has 0 spiro atoms. The largest absolute Gasteiger partial charge is 0.459 e. The predicted molar refractivity (Wildman–Crippen MR) is 111 cm³/mol. The number of amides is 4. The molecule has 9 heteroatoms. The summed E-state index contributed by atoms with van der Waals surface area (Å²) in [6, 6.07) is 8.05. The highest BCUT2D eigenvalue weighted by molar-refractivity contribution is 6.02. The molecule has 1 aromatic heterocycles. The van der Waals surface area contributed by atoms with E-state index in [0.29, 0.717) is 31.6 Å². The van der Waals surface area contributed by atoms with Crippen LogP contribution in [0.5, 0.6) is 0 Å². The summed E-state index contributed by atoms with van der Waals surface area (Å²) < 4.78 is 10.2. The summed E-state index contributed by atoms with van der Waals surface area (Å²) in [5.74, 6) is -1.60. The van der Waals surface area contributed by atoms with Crippen molar-refractivity contribution in [1.29, 1.82) is 0 Å². The second kappa shape index (κ2) is 9.92. The molecule has 3 rings (SSSR count). The molecule has 31 heavy (non-hydrogen) atoms. The first-order valence-electron chi connectivity index (χ1n) is 10.0. The zero-order valence-electron chi connectivity index (χ0n) is 17.5. The lowest BCUT2D eigenvalue weighted by atomic mass is 9.97. The summed E-state index contributed by atoms with van der Waals surface area (Å²) in [5, 5.41) is 4.73. The van der Waals surface area contributed by atoms with Gasteiger partial charge in [0.1, 0.15) is 0 Å². The maximum absolute atomic E-state index is 12.2. The Morgan fingerprint density at radius 3 is 2.52 bits per heavy atom. The van der Waals surface area contributed by atoms with Crippen molar-refractivity contribution in [3.8, 4) is 0 Å².